The van der Waals surface area contributed by atoms with Crippen LogP contribution in [0.25, 0.3) is 28.0 Å². The van der Waals surface area contributed by atoms with Crippen LogP contribution in [0.4, 0.5) is 19.1 Å². The zero-order chi connectivity index (χ0) is 21.6. The van der Waals surface area contributed by atoms with Gasteiger partial charge in [-0.3, -0.25) is 0 Å². The predicted molar refractivity (Wildman–Crippen MR) is 104 cm³/mol. The minimum Gasteiger partial charge on any atom is -0.388 e. The lowest BCUT2D eigenvalue weighted by Crippen LogP contribution is -2.10. The minimum atomic E-state index is -4.62. The van der Waals surface area contributed by atoms with E-state index in [4.69, 9.17) is 5.73 Å². The van der Waals surface area contributed by atoms with Gasteiger partial charge in [-0.05, 0) is 31.5 Å². The average molecular weight is 414 g/mol. The Morgan fingerprint density at radius 3 is 2.33 bits per heavy atom. The Hall–Kier alpha value is -3.53. The lowest BCUT2D eigenvalue weighted by molar-refractivity contribution is -0.141. The fourth-order valence-electron chi connectivity index (χ4n) is 3.21. The zero-order valence-corrected chi connectivity index (χ0v) is 16.1. The smallest absolute Gasteiger partial charge is 0.388 e. The summed E-state index contributed by atoms with van der Waals surface area (Å²) in [6.45, 7) is 2.95. The van der Waals surface area contributed by atoms with Crippen molar-refractivity contribution in [2.75, 3.05) is 5.73 Å². The standard InChI is InChI=1S/C20H17F3N6O/c1-10-3-5-12(6-4-10)17-16(13-7-11(2)25-14(8-13)20(21,22)23)18-26-15(9-30)28-29(18)19(24)27-17/h3-8,30H,9H2,1-2H3,(H2,24,27). The van der Waals surface area contributed by atoms with Crippen LogP contribution in [0.3, 0.4) is 0 Å². The summed E-state index contributed by atoms with van der Waals surface area (Å²) in [6, 6.07) is 9.81. The van der Waals surface area contributed by atoms with Gasteiger partial charge in [-0.15, -0.1) is 5.10 Å². The van der Waals surface area contributed by atoms with E-state index in [2.05, 4.69) is 20.1 Å². The number of hydrogen-bond donors (Lipinski definition) is 2. The first-order valence-corrected chi connectivity index (χ1v) is 8.96. The maximum absolute atomic E-state index is 13.4. The van der Waals surface area contributed by atoms with E-state index in [-0.39, 0.29) is 28.7 Å². The third-order valence-corrected chi connectivity index (χ3v) is 4.55. The molecule has 3 aromatic heterocycles. The van der Waals surface area contributed by atoms with Gasteiger partial charge in [0.25, 0.3) is 0 Å². The fraction of sp³-hybridized carbons (Fsp3) is 0.200. The monoisotopic (exact) mass is 414 g/mol. The normalized spacial score (nSPS) is 11.9. The van der Waals surface area contributed by atoms with Gasteiger partial charge in [0.2, 0.25) is 5.95 Å². The van der Waals surface area contributed by atoms with Crippen molar-refractivity contribution in [3.63, 3.8) is 0 Å². The zero-order valence-electron chi connectivity index (χ0n) is 16.1. The summed E-state index contributed by atoms with van der Waals surface area (Å²) in [6.07, 6.45) is -4.62. The molecule has 7 nitrogen and oxygen atoms in total. The molecule has 0 radical (unpaired) electrons. The molecule has 4 aromatic rings. The van der Waals surface area contributed by atoms with Crippen LogP contribution in [0.2, 0.25) is 0 Å². The van der Waals surface area contributed by atoms with Gasteiger partial charge in [0.05, 0.1) is 11.3 Å². The van der Waals surface area contributed by atoms with Crippen molar-refractivity contribution in [1.82, 2.24) is 24.6 Å². The van der Waals surface area contributed by atoms with E-state index >= 15 is 0 Å². The second kappa shape index (κ2) is 7.06. The van der Waals surface area contributed by atoms with Gasteiger partial charge >= 0.3 is 6.18 Å². The third-order valence-electron chi connectivity index (χ3n) is 4.55. The summed E-state index contributed by atoms with van der Waals surface area (Å²) in [5.74, 6) is 0.0750. The van der Waals surface area contributed by atoms with Gasteiger partial charge in [0.15, 0.2) is 11.5 Å². The van der Waals surface area contributed by atoms with Crippen LogP contribution in [0.15, 0.2) is 36.4 Å². The van der Waals surface area contributed by atoms with E-state index < -0.39 is 18.5 Å². The average Bonchev–Trinajstić information content (AvgIpc) is 3.12. The Kier molecular flexibility index (Phi) is 4.65. The number of anilines is 1. The van der Waals surface area contributed by atoms with Crippen molar-refractivity contribution in [2.24, 2.45) is 0 Å². The van der Waals surface area contributed by atoms with E-state index in [1.807, 2.05) is 19.1 Å². The highest BCUT2D eigenvalue weighted by molar-refractivity contribution is 5.90. The van der Waals surface area contributed by atoms with Crippen LogP contribution in [-0.4, -0.2) is 29.7 Å². The number of aliphatic hydroxyl groups excluding tert-OH is 1. The number of aromatic nitrogens is 5. The van der Waals surface area contributed by atoms with E-state index in [0.717, 1.165) is 11.6 Å². The van der Waals surface area contributed by atoms with E-state index in [9.17, 15) is 18.3 Å². The molecule has 0 unspecified atom stereocenters. The molecule has 4 rings (SSSR count). The summed E-state index contributed by atoms with van der Waals surface area (Å²) in [4.78, 5) is 12.3. The third kappa shape index (κ3) is 3.45. The molecular formula is C20H17F3N6O. The molecule has 154 valence electrons. The maximum Gasteiger partial charge on any atom is 0.433 e. The summed E-state index contributed by atoms with van der Waals surface area (Å²) in [5, 5.41) is 13.5. The Morgan fingerprint density at radius 1 is 1.00 bits per heavy atom. The number of pyridine rings is 1. The Balaban J connectivity index is 2.10. The number of halogens is 3. The van der Waals surface area contributed by atoms with Gasteiger partial charge in [-0.1, -0.05) is 29.8 Å². The van der Waals surface area contributed by atoms with Crippen LogP contribution in [-0.2, 0) is 12.8 Å². The Bertz CT molecular complexity index is 1250. The largest absolute Gasteiger partial charge is 0.433 e. The molecule has 0 bridgehead atoms. The van der Waals surface area contributed by atoms with Crippen molar-refractivity contribution >= 4 is 11.6 Å². The number of fused-ring (bicyclic) bond motifs is 1. The molecule has 0 aliphatic rings. The first-order chi connectivity index (χ1) is 14.2. The molecule has 30 heavy (non-hydrogen) atoms. The molecule has 0 atom stereocenters. The van der Waals surface area contributed by atoms with Crippen LogP contribution in [0.5, 0.6) is 0 Å². The summed E-state index contributed by atoms with van der Waals surface area (Å²) in [5.41, 5.74) is 7.96. The summed E-state index contributed by atoms with van der Waals surface area (Å²) >= 11 is 0. The number of aliphatic hydroxyl groups is 1. The molecule has 0 aliphatic carbocycles. The number of aryl methyl sites for hydroxylation is 2. The van der Waals surface area contributed by atoms with Gasteiger partial charge in [0.1, 0.15) is 12.3 Å². The molecule has 0 fully saturated rings. The van der Waals surface area contributed by atoms with Gasteiger partial charge in [-0.2, -0.15) is 17.7 Å². The number of nitrogen functional groups attached to an aromatic ring is 1. The van der Waals surface area contributed by atoms with Crippen molar-refractivity contribution in [1.29, 1.82) is 0 Å². The van der Waals surface area contributed by atoms with E-state index in [0.29, 0.717) is 16.8 Å². The molecule has 0 aliphatic heterocycles. The van der Waals surface area contributed by atoms with Crippen molar-refractivity contribution in [3.8, 4) is 22.4 Å². The molecule has 0 saturated heterocycles. The molecule has 3 N–H and O–H groups in total. The first-order valence-electron chi connectivity index (χ1n) is 8.96. The van der Waals surface area contributed by atoms with E-state index in [1.54, 1.807) is 12.1 Å². The molecular weight excluding hydrogens is 397 g/mol. The highest BCUT2D eigenvalue weighted by Gasteiger charge is 2.33. The number of alkyl halides is 3. The van der Waals surface area contributed by atoms with Gasteiger partial charge < -0.3 is 10.8 Å². The highest BCUT2D eigenvalue weighted by Crippen LogP contribution is 2.37. The van der Waals surface area contributed by atoms with Crippen molar-refractivity contribution in [2.45, 2.75) is 26.6 Å². The SMILES string of the molecule is Cc1ccc(-c2nc(N)n3nc(CO)nc3c2-c2cc(C)nc(C(F)(F)F)c2)cc1. The van der Waals surface area contributed by atoms with Crippen LogP contribution in [0.1, 0.15) is 22.8 Å². The lowest BCUT2D eigenvalue weighted by atomic mass is 9.98. The molecule has 0 spiro atoms. The molecule has 3 heterocycles. The molecule has 10 heteroatoms. The van der Waals surface area contributed by atoms with E-state index in [1.165, 1.54) is 17.5 Å². The number of nitrogens with two attached hydrogens (primary N) is 1. The van der Waals surface area contributed by atoms with Crippen LogP contribution >= 0.6 is 0 Å². The number of nitrogens with zero attached hydrogens (tertiary/aromatic N) is 5. The molecule has 0 saturated carbocycles. The topological polar surface area (TPSA) is 102 Å². The quantitative estimate of drug-likeness (QED) is 0.531. The number of hydrogen-bond acceptors (Lipinski definition) is 6. The Labute approximate surface area is 169 Å². The second-order valence-electron chi connectivity index (χ2n) is 6.86. The lowest BCUT2D eigenvalue weighted by Gasteiger charge is -2.14. The summed E-state index contributed by atoms with van der Waals surface area (Å²) < 4.78 is 41.4. The van der Waals surface area contributed by atoms with Crippen molar-refractivity contribution in [3.05, 3.63) is 59.2 Å². The van der Waals surface area contributed by atoms with Crippen LogP contribution < -0.4 is 5.73 Å². The number of rotatable bonds is 3. The minimum absolute atomic E-state index is 0.00153. The highest BCUT2D eigenvalue weighted by atomic mass is 19.4. The maximum atomic E-state index is 13.4. The molecule has 0 amide bonds. The Morgan fingerprint density at radius 2 is 1.70 bits per heavy atom. The fourth-order valence-corrected chi connectivity index (χ4v) is 3.21. The van der Waals surface area contributed by atoms with Crippen LogP contribution in [0, 0.1) is 13.8 Å². The second-order valence-corrected chi connectivity index (χ2v) is 6.86. The van der Waals surface area contributed by atoms with Gasteiger partial charge in [0, 0.05) is 11.3 Å². The number of benzene rings is 1. The first kappa shape index (κ1) is 19.8. The van der Waals surface area contributed by atoms with Crippen molar-refractivity contribution < 1.29 is 18.3 Å². The molecule has 1 aromatic carbocycles. The van der Waals surface area contributed by atoms with Gasteiger partial charge in [-0.25, -0.2) is 15.0 Å². The summed E-state index contributed by atoms with van der Waals surface area (Å²) in [7, 11) is 0. The predicted octanol–water partition coefficient (Wildman–Crippen LogP) is 3.56.